The van der Waals surface area contributed by atoms with Gasteiger partial charge >= 0.3 is 0 Å². The summed E-state index contributed by atoms with van der Waals surface area (Å²) in [5, 5.41) is 0. The summed E-state index contributed by atoms with van der Waals surface area (Å²) < 4.78 is 11.4. The third kappa shape index (κ3) is 1.72. The first-order chi connectivity index (χ1) is 7.19. The molecule has 0 aromatic heterocycles. The maximum Gasteiger partial charge on any atom is 0.155 e. The number of ether oxygens (including phenoxy) is 2. The van der Waals surface area contributed by atoms with E-state index >= 15 is 0 Å². The number of hydrogen-bond acceptors (Lipinski definition) is 2. The maximum atomic E-state index is 6.18. The Hall–Kier alpha value is -0.0800. The summed E-state index contributed by atoms with van der Waals surface area (Å²) in [6.45, 7) is 2.03. The second kappa shape index (κ2) is 3.46. The number of methoxy groups -OCH3 is 1. The lowest BCUT2D eigenvalue weighted by Crippen LogP contribution is -2.53. The van der Waals surface area contributed by atoms with Crippen LogP contribution in [-0.4, -0.2) is 19.0 Å². The smallest absolute Gasteiger partial charge is 0.155 e. The first kappa shape index (κ1) is 10.1. The van der Waals surface area contributed by atoms with Crippen molar-refractivity contribution in [1.82, 2.24) is 0 Å². The molecule has 2 nitrogen and oxygen atoms in total. The highest BCUT2D eigenvalue weighted by molar-refractivity contribution is 5.03. The minimum Gasteiger partial charge on any atom is -0.356 e. The van der Waals surface area contributed by atoms with E-state index in [1.807, 2.05) is 6.92 Å². The van der Waals surface area contributed by atoms with Crippen molar-refractivity contribution in [2.45, 2.75) is 57.3 Å². The van der Waals surface area contributed by atoms with E-state index in [1.165, 1.54) is 38.5 Å². The Morgan fingerprint density at radius 2 is 1.47 bits per heavy atom. The van der Waals surface area contributed by atoms with Gasteiger partial charge in [-0.2, -0.15) is 0 Å². The maximum absolute atomic E-state index is 6.18. The molecule has 4 bridgehead atoms. The summed E-state index contributed by atoms with van der Waals surface area (Å²) in [5.41, 5.74) is 0.199. The minimum absolute atomic E-state index is 0.0266. The van der Waals surface area contributed by atoms with E-state index in [9.17, 15) is 0 Å². The molecule has 0 saturated heterocycles. The standard InChI is InChI=1S/C13H22O2/c1-9(14-2)15-13-6-10-3-11(7-13)5-12(4-10)8-13/h9-12H,3-8H2,1-2H3. The molecule has 0 aliphatic heterocycles. The van der Waals surface area contributed by atoms with E-state index in [2.05, 4.69) is 0 Å². The normalized spacial score (nSPS) is 49.6. The summed E-state index contributed by atoms with van der Waals surface area (Å²) in [6, 6.07) is 0. The number of rotatable bonds is 3. The van der Waals surface area contributed by atoms with Gasteiger partial charge in [0.1, 0.15) is 0 Å². The predicted molar refractivity (Wildman–Crippen MR) is 58.5 cm³/mol. The van der Waals surface area contributed by atoms with Crippen LogP contribution in [0.2, 0.25) is 0 Å². The predicted octanol–water partition coefficient (Wildman–Crippen LogP) is 2.96. The molecule has 0 heterocycles. The van der Waals surface area contributed by atoms with Gasteiger partial charge in [-0.25, -0.2) is 0 Å². The molecule has 0 spiro atoms. The molecule has 0 N–H and O–H groups in total. The fraction of sp³-hybridized carbons (Fsp3) is 1.00. The van der Waals surface area contributed by atoms with E-state index in [-0.39, 0.29) is 11.9 Å². The molecule has 1 unspecified atom stereocenters. The van der Waals surface area contributed by atoms with E-state index in [1.54, 1.807) is 7.11 Å². The Balaban J connectivity index is 1.75. The minimum atomic E-state index is -0.0266. The molecule has 0 aromatic carbocycles. The fourth-order valence-electron chi connectivity index (χ4n) is 4.58. The zero-order valence-electron chi connectivity index (χ0n) is 9.87. The van der Waals surface area contributed by atoms with E-state index < -0.39 is 0 Å². The Labute approximate surface area is 92.3 Å². The molecule has 86 valence electrons. The van der Waals surface area contributed by atoms with Crippen molar-refractivity contribution in [3.8, 4) is 0 Å². The van der Waals surface area contributed by atoms with Gasteiger partial charge in [0.05, 0.1) is 5.60 Å². The van der Waals surface area contributed by atoms with Crippen molar-refractivity contribution in [1.29, 1.82) is 0 Å². The van der Waals surface area contributed by atoms with Crippen molar-refractivity contribution in [2.75, 3.05) is 7.11 Å². The molecule has 0 radical (unpaired) electrons. The Bertz CT molecular complexity index is 214. The van der Waals surface area contributed by atoms with Gasteiger partial charge in [0.2, 0.25) is 0 Å². The van der Waals surface area contributed by atoms with Crippen LogP contribution in [0.15, 0.2) is 0 Å². The molecule has 0 amide bonds. The van der Waals surface area contributed by atoms with Crippen LogP contribution in [0.5, 0.6) is 0 Å². The molecule has 2 heteroatoms. The highest BCUT2D eigenvalue weighted by atomic mass is 16.7. The largest absolute Gasteiger partial charge is 0.356 e. The molecule has 4 rings (SSSR count). The third-order valence-electron chi connectivity index (χ3n) is 4.73. The van der Waals surface area contributed by atoms with Crippen molar-refractivity contribution in [3.05, 3.63) is 0 Å². The van der Waals surface area contributed by atoms with E-state index in [0.717, 1.165) is 17.8 Å². The highest BCUT2D eigenvalue weighted by Gasteiger charge is 2.52. The van der Waals surface area contributed by atoms with Crippen LogP contribution in [0, 0.1) is 17.8 Å². The Morgan fingerprint density at radius 1 is 1.00 bits per heavy atom. The van der Waals surface area contributed by atoms with Crippen molar-refractivity contribution in [3.63, 3.8) is 0 Å². The highest BCUT2D eigenvalue weighted by Crippen LogP contribution is 2.57. The van der Waals surface area contributed by atoms with Crippen LogP contribution >= 0.6 is 0 Å². The van der Waals surface area contributed by atoms with Gasteiger partial charge in [-0.05, 0) is 63.2 Å². The van der Waals surface area contributed by atoms with E-state index in [0.29, 0.717) is 0 Å². The fourth-order valence-corrected chi connectivity index (χ4v) is 4.58. The van der Waals surface area contributed by atoms with Gasteiger partial charge in [0, 0.05) is 7.11 Å². The summed E-state index contributed by atoms with van der Waals surface area (Å²) in [5.74, 6) is 2.88. The van der Waals surface area contributed by atoms with Gasteiger partial charge in [-0.1, -0.05) is 0 Å². The van der Waals surface area contributed by atoms with Gasteiger partial charge in [0.15, 0.2) is 6.29 Å². The van der Waals surface area contributed by atoms with Gasteiger partial charge in [-0.15, -0.1) is 0 Å². The molecule has 15 heavy (non-hydrogen) atoms. The quantitative estimate of drug-likeness (QED) is 0.667. The van der Waals surface area contributed by atoms with Crippen LogP contribution in [0.1, 0.15) is 45.4 Å². The third-order valence-corrected chi connectivity index (χ3v) is 4.73. The molecular weight excluding hydrogens is 188 g/mol. The average molecular weight is 210 g/mol. The van der Waals surface area contributed by atoms with Crippen LogP contribution in [0.25, 0.3) is 0 Å². The summed E-state index contributed by atoms with van der Waals surface area (Å²) in [7, 11) is 1.74. The van der Waals surface area contributed by atoms with Gasteiger partial charge in [-0.3, -0.25) is 0 Å². The summed E-state index contributed by atoms with van der Waals surface area (Å²) in [6.07, 6.45) is 8.30. The van der Waals surface area contributed by atoms with Crippen molar-refractivity contribution >= 4 is 0 Å². The average Bonchev–Trinajstić information content (AvgIpc) is 2.14. The van der Waals surface area contributed by atoms with Crippen LogP contribution in [-0.2, 0) is 9.47 Å². The molecule has 4 saturated carbocycles. The van der Waals surface area contributed by atoms with E-state index in [4.69, 9.17) is 9.47 Å². The Morgan fingerprint density at radius 3 is 1.87 bits per heavy atom. The zero-order chi connectivity index (χ0) is 10.5. The zero-order valence-corrected chi connectivity index (χ0v) is 9.87. The monoisotopic (exact) mass is 210 g/mol. The lowest BCUT2D eigenvalue weighted by Gasteiger charge is -2.56. The first-order valence-electron chi connectivity index (χ1n) is 6.40. The SMILES string of the molecule is COC(C)OC12CC3CC(CC(C3)C1)C2. The molecule has 4 aliphatic rings. The van der Waals surface area contributed by atoms with Gasteiger partial charge in [0.25, 0.3) is 0 Å². The summed E-state index contributed by atoms with van der Waals surface area (Å²) in [4.78, 5) is 0. The van der Waals surface area contributed by atoms with Crippen molar-refractivity contribution in [2.24, 2.45) is 17.8 Å². The second-order valence-electron chi connectivity index (χ2n) is 6.02. The topological polar surface area (TPSA) is 18.5 Å². The Kier molecular flexibility index (Phi) is 2.33. The summed E-state index contributed by atoms with van der Waals surface area (Å²) >= 11 is 0. The molecule has 4 fully saturated rings. The van der Waals surface area contributed by atoms with Crippen LogP contribution < -0.4 is 0 Å². The lowest BCUT2D eigenvalue weighted by atomic mass is 9.54. The van der Waals surface area contributed by atoms with Gasteiger partial charge < -0.3 is 9.47 Å². The molecule has 0 aromatic rings. The van der Waals surface area contributed by atoms with Crippen molar-refractivity contribution < 1.29 is 9.47 Å². The molecule has 4 aliphatic carbocycles. The first-order valence-corrected chi connectivity index (χ1v) is 6.40. The lowest BCUT2D eigenvalue weighted by molar-refractivity contribution is -0.242. The second-order valence-corrected chi connectivity index (χ2v) is 6.02. The molecule has 1 atom stereocenters. The number of hydrogen-bond donors (Lipinski definition) is 0. The van der Waals surface area contributed by atoms with Crippen LogP contribution in [0.3, 0.4) is 0 Å². The molecular formula is C13H22O2. The van der Waals surface area contributed by atoms with Crippen LogP contribution in [0.4, 0.5) is 0 Å².